The average molecular weight is 300 g/mol. The molecule has 0 aromatic carbocycles. The minimum absolute atomic E-state index is 0.325. The molecule has 0 saturated heterocycles. The Hall–Kier alpha value is -0.770. The molecule has 0 rings (SSSR count). The van der Waals surface area contributed by atoms with Gasteiger partial charge in [-0.05, 0) is 45.4 Å². The zero-order valence-corrected chi connectivity index (χ0v) is 15.1. The van der Waals surface area contributed by atoms with Crippen LogP contribution in [-0.2, 0) is 4.74 Å². The van der Waals surface area contributed by atoms with E-state index < -0.39 is 5.60 Å². The van der Waals surface area contributed by atoms with Crippen molar-refractivity contribution >= 4 is 6.09 Å². The Morgan fingerprint density at radius 2 is 1.76 bits per heavy atom. The highest BCUT2D eigenvalue weighted by atomic mass is 16.6. The lowest BCUT2D eigenvalue weighted by Crippen LogP contribution is -2.41. The molecule has 1 amide bonds. The van der Waals surface area contributed by atoms with Crippen molar-refractivity contribution in [2.75, 3.05) is 13.1 Å². The molecule has 21 heavy (non-hydrogen) atoms. The van der Waals surface area contributed by atoms with Crippen LogP contribution in [0.4, 0.5) is 4.79 Å². The van der Waals surface area contributed by atoms with Gasteiger partial charge in [-0.25, -0.2) is 4.79 Å². The minimum atomic E-state index is -0.440. The molecule has 0 aliphatic heterocycles. The van der Waals surface area contributed by atoms with Crippen LogP contribution in [0, 0.1) is 11.8 Å². The van der Waals surface area contributed by atoms with E-state index in [-0.39, 0.29) is 6.09 Å². The van der Waals surface area contributed by atoms with E-state index in [0.717, 1.165) is 13.0 Å². The number of carbonyl (C=O) groups is 1. The smallest absolute Gasteiger partial charge is 0.407 e. The van der Waals surface area contributed by atoms with E-state index in [1.807, 2.05) is 20.8 Å². The van der Waals surface area contributed by atoms with Crippen LogP contribution < -0.4 is 10.6 Å². The van der Waals surface area contributed by atoms with E-state index in [2.05, 4.69) is 38.3 Å². The summed E-state index contributed by atoms with van der Waals surface area (Å²) in [6.07, 6.45) is 3.24. The maximum Gasteiger partial charge on any atom is 0.407 e. The number of hydrogen-bond donors (Lipinski definition) is 2. The summed E-state index contributed by atoms with van der Waals surface area (Å²) in [5, 5.41) is 6.52. The van der Waals surface area contributed by atoms with Gasteiger partial charge in [0.05, 0.1) is 0 Å². The molecule has 0 saturated carbocycles. The summed E-state index contributed by atoms with van der Waals surface area (Å²) >= 11 is 0. The summed E-state index contributed by atoms with van der Waals surface area (Å²) in [6, 6.07) is 0.581. The fraction of sp³-hybridized carbons (Fsp3) is 0.941. The van der Waals surface area contributed by atoms with E-state index in [4.69, 9.17) is 4.74 Å². The number of nitrogens with one attached hydrogen (secondary N) is 2. The van der Waals surface area contributed by atoms with Crippen LogP contribution in [0.3, 0.4) is 0 Å². The average Bonchev–Trinajstić information content (AvgIpc) is 2.34. The summed E-state index contributed by atoms with van der Waals surface area (Å²) in [5.41, 5.74) is -0.440. The number of hydrogen-bond acceptors (Lipinski definition) is 3. The van der Waals surface area contributed by atoms with E-state index in [9.17, 15) is 4.79 Å². The van der Waals surface area contributed by atoms with E-state index in [1.165, 1.54) is 12.8 Å². The number of carbonyl (C=O) groups excluding carboxylic acids is 1. The van der Waals surface area contributed by atoms with Gasteiger partial charge in [0.25, 0.3) is 0 Å². The lowest BCUT2D eigenvalue weighted by atomic mass is 9.95. The number of alkyl carbamates (subject to hydrolysis) is 1. The Labute approximate surface area is 131 Å². The molecule has 0 aromatic heterocycles. The van der Waals surface area contributed by atoms with Gasteiger partial charge < -0.3 is 15.4 Å². The lowest BCUT2D eigenvalue weighted by molar-refractivity contribution is 0.0514. The van der Waals surface area contributed by atoms with Crippen molar-refractivity contribution in [3.63, 3.8) is 0 Å². The third-order valence-electron chi connectivity index (χ3n) is 3.65. The third kappa shape index (κ3) is 10.6. The first-order valence-electron chi connectivity index (χ1n) is 8.39. The zero-order valence-electron chi connectivity index (χ0n) is 15.1. The van der Waals surface area contributed by atoms with Crippen LogP contribution in [0.5, 0.6) is 0 Å². The molecule has 2 unspecified atom stereocenters. The second kappa shape index (κ2) is 10.0. The lowest BCUT2D eigenvalue weighted by Gasteiger charge is -2.26. The fourth-order valence-corrected chi connectivity index (χ4v) is 2.19. The predicted molar refractivity (Wildman–Crippen MR) is 89.6 cm³/mol. The molecule has 0 heterocycles. The molecule has 0 radical (unpaired) electrons. The van der Waals surface area contributed by atoms with Gasteiger partial charge in [0, 0.05) is 19.1 Å². The quantitative estimate of drug-likeness (QED) is 0.678. The number of ether oxygens (including phenoxy) is 1. The van der Waals surface area contributed by atoms with Crippen molar-refractivity contribution in [3.05, 3.63) is 0 Å². The van der Waals surface area contributed by atoms with Gasteiger partial charge in [0.15, 0.2) is 0 Å². The molecule has 2 atom stereocenters. The van der Waals surface area contributed by atoms with E-state index in [0.29, 0.717) is 24.4 Å². The Morgan fingerprint density at radius 3 is 2.19 bits per heavy atom. The summed E-state index contributed by atoms with van der Waals surface area (Å²) in [7, 11) is 0. The van der Waals surface area contributed by atoms with E-state index in [1.54, 1.807) is 0 Å². The summed E-state index contributed by atoms with van der Waals surface area (Å²) in [5.74, 6) is 0.940. The van der Waals surface area contributed by atoms with Crippen LogP contribution >= 0.6 is 0 Å². The SMILES string of the molecule is CCCC(CC)NCC(CNC(=O)OC(C)(C)C)C(C)C. The third-order valence-corrected chi connectivity index (χ3v) is 3.65. The van der Waals surface area contributed by atoms with Gasteiger partial charge in [-0.2, -0.15) is 0 Å². The second-order valence-corrected chi connectivity index (χ2v) is 7.19. The first kappa shape index (κ1) is 20.2. The first-order valence-corrected chi connectivity index (χ1v) is 8.39. The van der Waals surface area contributed by atoms with Crippen LogP contribution in [-0.4, -0.2) is 30.8 Å². The van der Waals surface area contributed by atoms with E-state index >= 15 is 0 Å². The molecule has 0 spiro atoms. The molecule has 0 aliphatic carbocycles. The maximum absolute atomic E-state index is 11.7. The number of amides is 1. The minimum Gasteiger partial charge on any atom is -0.444 e. The Bertz CT molecular complexity index is 285. The standard InChI is InChI=1S/C17H36N2O2/c1-8-10-15(9-2)18-11-14(13(3)4)12-19-16(20)21-17(5,6)7/h13-15,18H,8-12H2,1-7H3,(H,19,20). The second-order valence-electron chi connectivity index (χ2n) is 7.19. The highest BCUT2D eigenvalue weighted by Crippen LogP contribution is 2.11. The van der Waals surface area contributed by atoms with Crippen molar-refractivity contribution in [1.82, 2.24) is 10.6 Å². The molecule has 0 aliphatic rings. The molecule has 126 valence electrons. The van der Waals surface area contributed by atoms with Crippen LogP contribution in [0.2, 0.25) is 0 Å². The van der Waals surface area contributed by atoms with Gasteiger partial charge in [-0.1, -0.05) is 34.1 Å². The Balaban J connectivity index is 4.22. The molecular weight excluding hydrogens is 264 g/mol. The van der Waals surface area contributed by atoms with Gasteiger partial charge in [-0.15, -0.1) is 0 Å². The fourth-order valence-electron chi connectivity index (χ4n) is 2.19. The van der Waals surface area contributed by atoms with Gasteiger partial charge >= 0.3 is 6.09 Å². The molecule has 4 nitrogen and oxygen atoms in total. The Kier molecular flexibility index (Phi) is 9.67. The van der Waals surface area contributed by atoms with Crippen LogP contribution in [0.25, 0.3) is 0 Å². The van der Waals surface area contributed by atoms with Crippen LogP contribution in [0.1, 0.15) is 67.7 Å². The Morgan fingerprint density at radius 1 is 1.14 bits per heavy atom. The van der Waals surface area contributed by atoms with Crippen molar-refractivity contribution < 1.29 is 9.53 Å². The van der Waals surface area contributed by atoms with Gasteiger partial charge in [0.1, 0.15) is 5.60 Å². The molecule has 0 bridgehead atoms. The number of rotatable bonds is 9. The molecule has 4 heteroatoms. The van der Waals surface area contributed by atoms with Crippen molar-refractivity contribution in [1.29, 1.82) is 0 Å². The topological polar surface area (TPSA) is 50.4 Å². The summed E-state index contributed by atoms with van der Waals surface area (Å²) < 4.78 is 5.28. The van der Waals surface area contributed by atoms with Crippen molar-refractivity contribution in [3.8, 4) is 0 Å². The predicted octanol–water partition coefficient (Wildman–Crippen LogP) is 3.95. The molecule has 2 N–H and O–H groups in total. The van der Waals surface area contributed by atoms with Crippen molar-refractivity contribution in [2.45, 2.75) is 79.4 Å². The highest BCUT2D eigenvalue weighted by Gasteiger charge is 2.19. The summed E-state index contributed by atoms with van der Waals surface area (Å²) in [6.45, 7) is 16.1. The molecular formula is C17H36N2O2. The molecule has 0 fully saturated rings. The van der Waals surface area contributed by atoms with Crippen LogP contribution in [0.15, 0.2) is 0 Å². The largest absolute Gasteiger partial charge is 0.444 e. The van der Waals surface area contributed by atoms with Gasteiger partial charge in [-0.3, -0.25) is 0 Å². The monoisotopic (exact) mass is 300 g/mol. The first-order chi connectivity index (χ1) is 9.69. The van der Waals surface area contributed by atoms with Crippen molar-refractivity contribution in [2.24, 2.45) is 11.8 Å². The zero-order chi connectivity index (χ0) is 16.5. The normalized spacial score (nSPS) is 14.9. The highest BCUT2D eigenvalue weighted by molar-refractivity contribution is 5.67. The van der Waals surface area contributed by atoms with Gasteiger partial charge in [0.2, 0.25) is 0 Å². The summed E-state index contributed by atoms with van der Waals surface area (Å²) in [4.78, 5) is 11.7. The molecule has 0 aromatic rings. The maximum atomic E-state index is 11.7.